The predicted molar refractivity (Wildman–Crippen MR) is 109 cm³/mol. The maximum atomic E-state index is 13.1. The van der Waals surface area contributed by atoms with Gasteiger partial charge in [0, 0.05) is 5.02 Å². The highest BCUT2D eigenvalue weighted by molar-refractivity contribution is 7.91. The number of nitrogens with zero attached hydrogens (tertiary/aromatic N) is 4. The van der Waals surface area contributed by atoms with Crippen molar-refractivity contribution in [1.29, 1.82) is 0 Å². The number of sulfone groups is 1. The lowest BCUT2D eigenvalue weighted by atomic mass is 10.4. The average molecular weight is 446 g/mol. The summed E-state index contributed by atoms with van der Waals surface area (Å²) in [6, 6.07) is 11.4. The first-order valence-corrected chi connectivity index (χ1v) is 11.2. The van der Waals surface area contributed by atoms with E-state index in [0.717, 1.165) is 10.5 Å². The Labute approximate surface area is 173 Å². The fourth-order valence-electron chi connectivity index (χ4n) is 2.93. The van der Waals surface area contributed by atoms with Gasteiger partial charge in [-0.05, 0) is 47.8 Å². The molecule has 5 rings (SSSR count). The number of aromatic nitrogens is 4. The van der Waals surface area contributed by atoms with Gasteiger partial charge in [-0.3, -0.25) is 0 Å². The second kappa shape index (κ2) is 6.83. The van der Waals surface area contributed by atoms with E-state index in [2.05, 4.69) is 20.6 Å². The van der Waals surface area contributed by atoms with E-state index in [1.54, 1.807) is 12.3 Å². The van der Waals surface area contributed by atoms with E-state index in [4.69, 9.17) is 16.0 Å². The lowest BCUT2D eigenvalue weighted by Gasteiger charge is -2.07. The lowest BCUT2D eigenvalue weighted by Crippen LogP contribution is -2.06. The van der Waals surface area contributed by atoms with Gasteiger partial charge in [0.15, 0.2) is 5.65 Å². The minimum absolute atomic E-state index is 0.0709. The van der Waals surface area contributed by atoms with Crippen molar-refractivity contribution in [2.24, 2.45) is 0 Å². The number of hydrogen-bond donors (Lipinski definition) is 1. The third kappa shape index (κ3) is 3.05. The molecule has 146 valence electrons. The molecular weight excluding hydrogens is 434 g/mol. The van der Waals surface area contributed by atoms with Crippen molar-refractivity contribution in [3.8, 4) is 0 Å². The van der Waals surface area contributed by atoms with Gasteiger partial charge in [-0.15, -0.1) is 16.4 Å². The van der Waals surface area contributed by atoms with Crippen molar-refractivity contribution in [2.75, 3.05) is 5.32 Å². The van der Waals surface area contributed by atoms with Gasteiger partial charge in [0.1, 0.15) is 11.6 Å². The van der Waals surface area contributed by atoms with Crippen LogP contribution in [0.1, 0.15) is 5.76 Å². The monoisotopic (exact) mass is 445 g/mol. The number of furan rings is 1. The topological polar surface area (TPSA) is 102 Å². The van der Waals surface area contributed by atoms with Crippen LogP contribution in [-0.4, -0.2) is 28.2 Å². The zero-order valence-electron chi connectivity index (χ0n) is 14.6. The Bertz CT molecular complexity index is 1420. The summed E-state index contributed by atoms with van der Waals surface area (Å²) in [7, 11) is -3.92. The summed E-state index contributed by atoms with van der Waals surface area (Å²) in [6.45, 7) is 0.407. The number of thiophene rings is 1. The summed E-state index contributed by atoms with van der Waals surface area (Å²) in [4.78, 5) is 4.61. The molecule has 1 aromatic carbocycles. The molecule has 4 aromatic heterocycles. The van der Waals surface area contributed by atoms with Crippen molar-refractivity contribution in [1.82, 2.24) is 19.8 Å². The van der Waals surface area contributed by atoms with E-state index < -0.39 is 9.84 Å². The van der Waals surface area contributed by atoms with Gasteiger partial charge >= 0.3 is 0 Å². The zero-order valence-corrected chi connectivity index (χ0v) is 17.0. The summed E-state index contributed by atoms with van der Waals surface area (Å²) >= 11 is 7.35. The third-order valence-corrected chi connectivity index (χ3v) is 7.14. The van der Waals surface area contributed by atoms with Gasteiger partial charge in [0.25, 0.3) is 0 Å². The molecule has 0 bridgehead atoms. The predicted octanol–water partition coefficient (Wildman–Crippen LogP) is 4.03. The Morgan fingerprint density at radius 1 is 1.17 bits per heavy atom. The van der Waals surface area contributed by atoms with E-state index in [1.165, 1.54) is 40.1 Å². The molecule has 1 N–H and O–H groups in total. The van der Waals surface area contributed by atoms with Gasteiger partial charge in [-0.1, -0.05) is 16.8 Å². The minimum Gasteiger partial charge on any atom is -0.467 e. The fourth-order valence-corrected chi connectivity index (χ4v) is 5.12. The molecule has 0 radical (unpaired) electrons. The maximum absolute atomic E-state index is 13.1. The molecule has 0 atom stereocenters. The van der Waals surface area contributed by atoms with Crippen LogP contribution in [0.3, 0.4) is 0 Å². The van der Waals surface area contributed by atoms with E-state index in [0.29, 0.717) is 22.9 Å². The molecule has 0 spiro atoms. The first-order chi connectivity index (χ1) is 14.0. The number of anilines is 1. The molecule has 11 heteroatoms. The normalized spacial score (nSPS) is 12.0. The van der Waals surface area contributed by atoms with Crippen LogP contribution < -0.4 is 5.32 Å². The van der Waals surface area contributed by atoms with Crippen LogP contribution in [0.2, 0.25) is 5.02 Å². The summed E-state index contributed by atoms with van der Waals surface area (Å²) in [5.74, 6) is 1.27. The lowest BCUT2D eigenvalue weighted by molar-refractivity contribution is 0.518. The van der Waals surface area contributed by atoms with Crippen LogP contribution >= 0.6 is 22.9 Å². The van der Waals surface area contributed by atoms with Crippen molar-refractivity contribution in [3.05, 3.63) is 64.9 Å². The Morgan fingerprint density at radius 3 is 2.76 bits per heavy atom. The van der Waals surface area contributed by atoms with Gasteiger partial charge < -0.3 is 9.73 Å². The highest BCUT2D eigenvalue weighted by Gasteiger charge is 2.27. The van der Waals surface area contributed by atoms with Gasteiger partial charge in [-0.2, -0.15) is 4.52 Å². The first-order valence-electron chi connectivity index (χ1n) is 8.43. The van der Waals surface area contributed by atoms with E-state index in [-0.39, 0.29) is 15.6 Å². The molecule has 5 aromatic rings. The standard InChI is InChI=1S/C18H12ClN5O3S2/c19-11-3-5-13(6-4-11)29(25,26)18-17-21-16(20-10-12-2-1-8-27-12)15-14(7-9-28-15)24(17)23-22-18/h1-9H,10H2,(H,20,21). The number of hydrogen-bond acceptors (Lipinski definition) is 8. The third-order valence-electron chi connectivity index (χ3n) is 4.31. The number of benzene rings is 1. The molecule has 0 saturated heterocycles. The fraction of sp³-hybridized carbons (Fsp3) is 0.0556. The Morgan fingerprint density at radius 2 is 2.00 bits per heavy atom. The average Bonchev–Trinajstić information content (AvgIpc) is 3.45. The van der Waals surface area contributed by atoms with Crippen molar-refractivity contribution >= 4 is 54.5 Å². The van der Waals surface area contributed by atoms with Crippen molar-refractivity contribution < 1.29 is 12.8 Å². The molecule has 0 saturated carbocycles. The molecule has 0 amide bonds. The second-order valence-electron chi connectivity index (χ2n) is 6.12. The Balaban J connectivity index is 1.66. The smallest absolute Gasteiger partial charge is 0.229 e. The number of halogens is 1. The van der Waals surface area contributed by atoms with Gasteiger partial charge in [0.2, 0.25) is 14.9 Å². The van der Waals surface area contributed by atoms with Crippen LogP contribution in [0.15, 0.2) is 68.4 Å². The number of nitrogens with one attached hydrogen (secondary N) is 1. The highest BCUT2D eigenvalue weighted by atomic mass is 35.5. The van der Waals surface area contributed by atoms with Crippen LogP contribution in [0, 0.1) is 0 Å². The molecule has 4 heterocycles. The van der Waals surface area contributed by atoms with Crippen LogP contribution in [0.5, 0.6) is 0 Å². The second-order valence-corrected chi connectivity index (χ2v) is 9.33. The molecule has 8 nitrogen and oxygen atoms in total. The van der Waals surface area contributed by atoms with Crippen molar-refractivity contribution in [3.63, 3.8) is 0 Å². The summed E-state index contributed by atoms with van der Waals surface area (Å²) < 4.78 is 33.9. The van der Waals surface area contributed by atoms with Gasteiger partial charge in [0.05, 0.1) is 27.9 Å². The number of fused-ring (bicyclic) bond motifs is 3. The van der Waals surface area contributed by atoms with Crippen LogP contribution in [0.25, 0.3) is 15.9 Å². The van der Waals surface area contributed by atoms with Gasteiger partial charge in [-0.25, -0.2) is 13.4 Å². The first kappa shape index (κ1) is 18.1. The molecule has 29 heavy (non-hydrogen) atoms. The molecule has 0 unspecified atom stereocenters. The molecular formula is C18H12ClN5O3S2. The summed E-state index contributed by atoms with van der Waals surface area (Å²) in [5, 5.41) is 13.3. The van der Waals surface area contributed by atoms with E-state index in [1.807, 2.05) is 17.5 Å². The molecule has 0 aliphatic carbocycles. The number of rotatable bonds is 5. The van der Waals surface area contributed by atoms with Crippen molar-refractivity contribution in [2.45, 2.75) is 16.5 Å². The zero-order chi connectivity index (χ0) is 20.0. The van der Waals surface area contributed by atoms with E-state index >= 15 is 0 Å². The molecule has 0 fully saturated rings. The highest BCUT2D eigenvalue weighted by Crippen LogP contribution is 2.31. The molecule has 0 aliphatic rings. The van der Waals surface area contributed by atoms with Crippen LogP contribution in [0.4, 0.5) is 5.82 Å². The van der Waals surface area contributed by atoms with E-state index in [9.17, 15) is 8.42 Å². The Hall–Kier alpha value is -2.95. The Kier molecular flexibility index (Phi) is 4.26. The quantitative estimate of drug-likeness (QED) is 0.435. The maximum Gasteiger partial charge on any atom is 0.229 e. The largest absolute Gasteiger partial charge is 0.467 e. The van der Waals surface area contributed by atoms with Crippen LogP contribution in [-0.2, 0) is 16.4 Å². The summed E-state index contributed by atoms with van der Waals surface area (Å²) in [6.07, 6.45) is 1.59. The summed E-state index contributed by atoms with van der Waals surface area (Å²) in [5.41, 5.74) is 0.861. The SMILES string of the molecule is O=S(=O)(c1ccc(Cl)cc1)c1nnn2c1nc(NCc1ccco1)c1sccc12. The minimum atomic E-state index is -3.92. The molecule has 0 aliphatic heterocycles.